The van der Waals surface area contributed by atoms with Crippen LogP contribution >= 0.6 is 11.3 Å². The summed E-state index contributed by atoms with van der Waals surface area (Å²) in [6.07, 6.45) is 6.39. The first kappa shape index (κ1) is 18.2. The van der Waals surface area contributed by atoms with Gasteiger partial charge in [-0.2, -0.15) is 0 Å². The van der Waals surface area contributed by atoms with Gasteiger partial charge in [0.2, 0.25) is 5.91 Å². The van der Waals surface area contributed by atoms with Gasteiger partial charge >= 0.3 is 0 Å². The highest BCUT2D eigenvalue weighted by molar-refractivity contribution is 7.13. The molecule has 0 bridgehead atoms. The number of benzene rings is 1. The lowest BCUT2D eigenvalue weighted by atomic mass is 9.70. The molecule has 2 heterocycles. The van der Waals surface area contributed by atoms with Crippen LogP contribution in [0, 0.1) is 0 Å². The maximum atomic E-state index is 13.5. The normalized spacial score (nSPS) is 21.9. The van der Waals surface area contributed by atoms with Crippen molar-refractivity contribution in [1.29, 1.82) is 0 Å². The van der Waals surface area contributed by atoms with Gasteiger partial charge in [0.25, 0.3) is 5.91 Å². The standard InChI is InChI=1S/C21H25N3O2S/c1-3-14(2)24-19(26)16-9-5-4-8-15(16)17(21(24)10-6-7-11-21)18(25)23-20-22-12-13-27-20/h4-5,8-9,12-14,17H,3,6-7,10-11H2,1-2H3,(H,22,23,25)/t14-,17-/m1/s1. The van der Waals surface area contributed by atoms with Crippen molar-refractivity contribution >= 4 is 28.3 Å². The second-order valence-electron chi connectivity index (χ2n) is 7.59. The highest BCUT2D eigenvalue weighted by atomic mass is 32.1. The van der Waals surface area contributed by atoms with Gasteiger partial charge in [-0.05, 0) is 37.8 Å². The number of aromatic nitrogens is 1. The zero-order valence-corrected chi connectivity index (χ0v) is 16.6. The third-order valence-corrected chi connectivity index (χ3v) is 6.85. The summed E-state index contributed by atoms with van der Waals surface area (Å²) in [5.74, 6) is -0.355. The van der Waals surface area contributed by atoms with Crippen molar-refractivity contribution in [1.82, 2.24) is 9.88 Å². The van der Waals surface area contributed by atoms with Crippen molar-refractivity contribution in [3.63, 3.8) is 0 Å². The Morgan fingerprint density at radius 1 is 1.37 bits per heavy atom. The molecule has 1 aromatic carbocycles. The number of nitrogens with one attached hydrogen (secondary N) is 1. The van der Waals surface area contributed by atoms with Gasteiger partial charge in [0.1, 0.15) is 0 Å². The van der Waals surface area contributed by atoms with Crippen molar-refractivity contribution in [2.45, 2.75) is 63.5 Å². The van der Waals surface area contributed by atoms with Gasteiger partial charge in [-0.1, -0.05) is 38.0 Å². The monoisotopic (exact) mass is 383 g/mol. The molecule has 1 aliphatic heterocycles. The summed E-state index contributed by atoms with van der Waals surface area (Å²) in [6.45, 7) is 4.20. The molecule has 4 rings (SSSR count). The average molecular weight is 384 g/mol. The van der Waals surface area contributed by atoms with E-state index in [1.807, 2.05) is 34.5 Å². The Morgan fingerprint density at radius 2 is 2.11 bits per heavy atom. The molecule has 1 aromatic heterocycles. The van der Waals surface area contributed by atoms with E-state index in [2.05, 4.69) is 24.1 Å². The van der Waals surface area contributed by atoms with Crippen LogP contribution in [0.15, 0.2) is 35.8 Å². The summed E-state index contributed by atoms with van der Waals surface area (Å²) >= 11 is 1.42. The Bertz CT molecular complexity index is 843. The van der Waals surface area contributed by atoms with Crippen LogP contribution in [-0.2, 0) is 4.79 Å². The number of thiazole rings is 1. The molecule has 27 heavy (non-hydrogen) atoms. The molecule has 0 radical (unpaired) electrons. The number of anilines is 1. The first-order chi connectivity index (χ1) is 13.1. The number of hydrogen-bond donors (Lipinski definition) is 1. The molecule has 1 N–H and O–H groups in total. The molecule has 5 nitrogen and oxygen atoms in total. The fourth-order valence-corrected chi connectivity index (χ4v) is 5.42. The first-order valence-electron chi connectivity index (χ1n) is 9.71. The molecular weight excluding hydrogens is 358 g/mol. The van der Waals surface area contributed by atoms with E-state index in [-0.39, 0.29) is 23.8 Å². The zero-order chi connectivity index (χ0) is 19.0. The fourth-order valence-electron chi connectivity index (χ4n) is 4.89. The van der Waals surface area contributed by atoms with Crippen LogP contribution < -0.4 is 5.32 Å². The van der Waals surface area contributed by atoms with Gasteiger partial charge in [-0.25, -0.2) is 4.98 Å². The van der Waals surface area contributed by atoms with Crippen LogP contribution in [0.4, 0.5) is 5.13 Å². The topological polar surface area (TPSA) is 62.3 Å². The molecule has 1 aliphatic carbocycles. The number of fused-ring (bicyclic) bond motifs is 1. The molecule has 0 saturated heterocycles. The van der Waals surface area contributed by atoms with Crippen LogP contribution in [0.3, 0.4) is 0 Å². The molecule has 142 valence electrons. The molecule has 2 aliphatic rings. The maximum Gasteiger partial charge on any atom is 0.254 e. The van der Waals surface area contributed by atoms with Crippen molar-refractivity contribution in [3.05, 3.63) is 47.0 Å². The van der Waals surface area contributed by atoms with Crippen molar-refractivity contribution in [3.8, 4) is 0 Å². The van der Waals surface area contributed by atoms with Gasteiger partial charge in [0.15, 0.2) is 5.13 Å². The predicted molar refractivity (Wildman–Crippen MR) is 107 cm³/mol. The van der Waals surface area contributed by atoms with Crippen LogP contribution in [-0.4, -0.2) is 33.3 Å². The molecule has 2 amide bonds. The van der Waals surface area contributed by atoms with Crippen LogP contribution in [0.25, 0.3) is 0 Å². The van der Waals surface area contributed by atoms with Gasteiger partial charge in [0, 0.05) is 23.2 Å². The van der Waals surface area contributed by atoms with Crippen LogP contribution in [0.2, 0.25) is 0 Å². The van der Waals surface area contributed by atoms with E-state index >= 15 is 0 Å². The molecule has 1 spiro atoms. The summed E-state index contributed by atoms with van der Waals surface area (Å²) in [4.78, 5) is 33.2. The Morgan fingerprint density at radius 3 is 2.78 bits per heavy atom. The molecule has 2 atom stereocenters. The van der Waals surface area contributed by atoms with Gasteiger partial charge in [-0.15, -0.1) is 11.3 Å². The Labute approximate surface area is 163 Å². The number of carbonyl (C=O) groups excluding carboxylic acids is 2. The number of nitrogens with zero attached hydrogens (tertiary/aromatic N) is 2. The molecule has 1 saturated carbocycles. The molecular formula is C21H25N3O2S. The molecule has 2 aromatic rings. The van der Waals surface area contributed by atoms with E-state index in [1.165, 1.54) is 11.3 Å². The van der Waals surface area contributed by atoms with Gasteiger partial charge < -0.3 is 10.2 Å². The largest absolute Gasteiger partial charge is 0.329 e. The summed E-state index contributed by atoms with van der Waals surface area (Å²) < 4.78 is 0. The number of carbonyl (C=O) groups is 2. The molecule has 6 heteroatoms. The number of amides is 2. The Kier molecular flexibility index (Phi) is 4.76. The van der Waals surface area contributed by atoms with Crippen molar-refractivity contribution < 1.29 is 9.59 Å². The Balaban J connectivity index is 1.85. The van der Waals surface area contributed by atoms with E-state index in [4.69, 9.17) is 0 Å². The highest BCUT2D eigenvalue weighted by Gasteiger charge is 2.56. The minimum absolute atomic E-state index is 0.0555. The van der Waals surface area contributed by atoms with Gasteiger partial charge in [0.05, 0.1) is 11.5 Å². The predicted octanol–water partition coefficient (Wildman–Crippen LogP) is 4.43. The summed E-state index contributed by atoms with van der Waals surface area (Å²) in [6, 6.07) is 7.72. The third kappa shape index (κ3) is 2.87. The smallest absolute Gasteiger partial charge is 0.254 e. The van der Waals surface area contributed by atoms with Gasteiger partial charge in [-0.3, -0.25) is 9.59 Å². The molecule has 1 fully saturated rings. The zero-order valence-electron chi connectivity index (χ0n) is 15.8. The second kappa shape index (κ2) is 7.08. The van der Waals surface area contributed by atoms with Crippen LogP contribution in [0.1, 0.15) is 67.8 Å². The number of rotatable bonds is 4. The average Bonchev–Trinajstić information content (AvgIpc) is 3.34. The quantitative estimate of drug-likeness (QED) is 0.849. The SMILES string of the molecule is CC[C@@H](C)N1C(=O)c2ccccc2[C@H](C(=O)Nc2nccs2)C12CCCC2. The summed E-state index contributed by atoms with van der Waals surface area (Å²) in [5.41, 5.74) is 1.08. The third-order valence-electron chi connectivity index (χ3n) is 6.16. The summed E-state index contributed by atoms with van der Waals surface area (Å²) in [5, 5.41) is 5.47. The minimum atomic E-state index is -0.442. The van der Waals surface area contributed by atoms with E-state index in [1.54, 1.807) is 6.20 Å². The van der Waals surface area contributed by atoms with Crippen molar-refractivity contribution in [2.24, 2.45) is 0 Å². The van der Waals surface area contributed by atoms with E-state index in [9.17, 15) is 9.59 Å². The first-order valence-corrected chi connectivity index (χ1v) is 10.6. The van der Waals surface area contributed by atoms with E-state index in [0.29, 0.717) is 10.7 Å². The second-order valence-corrected chi connectivity index (χ2v) is 8.48. The highest BCUT2D eigenvalue weighted by Crippen LogP contribution is 2.51. The number of hydrogen-bond acceptors (Lipinski definition) is 4. The Hall–Kier alpha value is -2.21. The maximum absolute atomic E-state index is 13.5. The van der Waals surface area contributed by atoms with Crippen molar-refractivity contribution in [2.75, 3.05) is 5.32 Å². The fraction of sp³-hybridized carbons (Fsp3) is 0.476. The minimum Gasteiger partial charge on any atom is -0.329 e. The lowest BCUT2D eigenvalue weighted by Crippen LogP contribution is -2.62. The van der Waals surface area contributed by atoms with E-state index < -0.39 is 5.54 Å². The lowest BCUT2D eigenvalue weighted by molar-refractivity contribution is -0.121. The lowest BCUT2D eigenvalue weighted by Gasteiger charge is -2.52. The van der Waals surface area contributed by atoms with E-state index in [0.717, 1.165) is 37.7 Å². The molecule has 0 unspecified atom stereocenters. The van der Waals surface area contributed by atoms with Crippen LogP contribution in [0.5, 0.6) is 0 Å². The summed E-state index contributed by atoms with van der Waals surface area (Å²) in [7, 11) is 0.